The van der Waals surface area contributed by atoms with Crippen LogP contribution < -0.4 is 10.1 Å². The van der Waals surface area contributed by atoms with Crippen molar-refractivity contribution < 1.29 is 14.3 Å². The molecule has 0 aliphatic carbocycles. The van der Waals surface area contributed by atoms with Crippen LogP contribution in [0.1, 0.15) is 22.5 Å². The quantitative estimate of drug-likeness (QED) is 0.899. The van der Waals surface area contributed by atoms with E-state index in [1.54, 1.807) is 36.4 Å². The molecule has 1 N–H and O–H groups in total. The number of nitrogens with one attached hydrogen (secondary N) is 1. The van der Waals surface area contributed by atoms with Gasteiger partial charge in [-0.15, -0.1) is 0 Å². The molecule has 1 aromatic carbocycles. The molecule has 3 rings (SSSR count). The second kappa shape index (κ2) is 7.79. The van der Waals surface area contributed by atoms with Crippen molar-refractivity contribution >= 4 is 11.8 Å². The predicted octanol–water partition coefficient (Wildman–Crippen LogP) is 1.66. The Labute approximate surface area is 146 Å². The molecule has 1 unspecified atom stereocenters. The highest BCUT2D eigenvalue weighted by Crippen LogP contribution is 2.14. The summed E-state index contributed by atoms with van der Waals surface area (Å²) < 4.78 is 5.11. The van der Waals surface area contributed by atoms with Crippen molar-refractivity contribution in [3.8, 4) is 5.75 Å². The van der Waals surface area contributed by atoms with Gasteiger partial charge in [0.2, 0.25) is 5.91 Å². The fourth-order valence-corrected chi connectivity index (χ4v) is 2.92. The van der Waals surface area contributed by atoms with Gasteiger partial charge in [-0.1, -0.05) is 18.2 Å². The number of hydrogen-bond donors (Lipinski definition) is 1. The Morgan fingerprint density at radius 2 is 2.04 bits per heavy atom. The molecule has 0 spiro atoms. The van der Waals surface area contributed by atoms with E-state index in [9.17, 15) is 9.59 Å². The van der Waals surface area contributed by atoms with Crippen molar-refractivity contribution in [3.63, 3.8) is 0 Å². The second-order valence-corrected chi connectivity index (χ2v) is 6.04. The Bertz CT molecular complexity index is 731. The number of likely N-dealkylation sites (tertiary alicyclic amines) is 1. The van der Waals surface area contributed by atoms with Gasteiger partial charge in [-0.3, -0.25) is 14.6 Å². The maximum absolute atomic E-state index is 12.4. The molecule has 2 heterocycles. The van der Waals surface area contributed by atoms with Crippen molar-refractivity contribution in [2.24, 2.45) is 0 Å². The van der Waals surface area contributed by atoms with Gasteiger partial charge in [-0.05, 0) is 36.2 Å². The third-order valence-corrected chi connectivity index (χ3v) is 4.25. The summed E-state index contributed by atoms with van der Waals surface area (Å²) in [4.78, 5) is 30.4. The van der Waals surface area contributed by atoms with Crippen molar-refractivity contribution in [3.05, 3.63) is 59.9 Å². The van der Waals surface area contributed by atoms with E-state index in [0.29, 0.717) is 25.2 Å². The van der Waals surface area contributed by atoms with E-state index in [1.165, 1.54) is 0 Å². The molecule has 0 saturated carbocycles. The Balaban J connectivity index is 1.50. The Morgan fingerprint density at radius 3 is 2.72 bits per heavy atom. The molecule has 130 valence electrons. The molecule has 1 aromatic heterocycles. The van der Waals surface area contributed by atoms with E-state index in [1.807, 2.05) is 24.3 Å². The number of hydrogen-bond acceptors (Lipinski definition) is 4. The first-order chi connectivity index (χ1) is 12.2. The summed E-state index contributed by atoms with van der Waals surface area (Å²) in [5.74, 6) is 0.637. The molecule has 1 aliphatic heterocycles. The number of nitrogens with zero attached hydrogens (tertiary/aromatic N) is 2. The van der Waals surface area contributed by atoms with Gasteiger partial charge in [0, 0.05) is 25.3 Å². The van der Waals surface area contributed by atoms with Gasteiger partial charge in [0.15, 0.2) is 0 Å². The molecule has 2 amide bonds. The number of rotatable bonds is 5. The zero-order valence-corrected chi connectivity index (χ0v) is 14.1. The van der Waals surface area contributed by atoms with E-state index < -0.39 is 0 Å². The predicted molar refractivity (Wildman–Crippen MR) is 93.4 cm³/mol. The number of benzene rings is 1. The summed E-state index contributed by atoms with van der Waals surface area (Å²) in [5.41, 5.74) is 1.37. The fourth-order valence-electron chi connectivity index (χ4n) is 2.92. The molecule has 0 bridgehead atoms. The monoisotopic (exact) mass is 339 g/mol. The molecule has 1 aliphatic rings. The third kappa shape index (κ3) is 4.35. The number of carbonyl (C=O) groups is 2. The van der Waals surface area contributed by atoms with Crippen molar-refractivity contribution in [2.75, 3.05) is 20.2 Å². The summed E-state index contributed by atoms with van der Waals surface area (Å²) in [6.07, 6.45) is 2.68. The third-order valence-electron chi connectivity index (χ3n) is 4.25. The summed E-state index contributed by atoms with van der Waals surface area (Å²) in [7, 11) is 1.61. The zero-order valence-electron chi connectivity index (χ0n) is 14.1. The van der Waals surface area contributed by atoms with Gasteiger partial charge in [-0.2, -0.15) is 0 Å². The topological polar surface area (TPSA) is 71.5 Å². The van der Waals surface area contributed by atoms with Crippen LogP contribution in [-0.2, 0) is 11.2 Å². The number of amides is 2. The van der Waals surface area contributed by atoms with E-state index in [0.717, 1.165) is 17.7 Å². The number of carbonyl (C=O) groups excluding carboxylic acids is 2. The molecule has 1 fully saturated rings. The number of pyridine rings is 1. The second-order valence-electron chi connectivity index (χ2n) is 6.04. The lowest BCUT2D eigenvalue weighted by Crippen LogP contribution is -2.39. The van der Waals surface area contributed by atoms with Gasteiger partial charge < -0.3 is 15.0 Å². The zero-order chi connectivity index (χ0) is 17.6. The van der Waals surface area contributed by atoms with Gasteiger partial charge >= 0.3 is 0 Å². The van der Waals surface area contributed by atoms with Crippen molar-refractivity contribution in [1.82, 2.24) is 15.2 Å². The Hall–Kier alpha value is -2.89. The lowest BCUT2D eigenvalue weighted by Gasteiger charge is -2.16. The smallest absolute Gasteiger partial charge is 0.272 e. The number of ether oxygens (including phenoxy) is 1. The minimum absolute atomic E-state index is 0.0154. The van der Waals surface area contributed by atoms with Crippen LogP contribution in [0.25, 0.3) is 0 Å². The number of methoxy groups -OCH3 is 1. The molecular formula is C19H21N3O3. The normalized spacial score (nSPS) is 16.5. The molecule has 0 radical (unpaired) electrons. The summed E-state index contributed by atoms with van der Waals surface area (Å²) >= 11 is 0. The van der Waals surface area contributed by atoms with Crippen LogP contribution in [0.4, 0.5) is 0 Å². The van der Waals surface area contributed by atoms with Crippen LogP contribution >= 0.6 is 0 Å². The summed E-state index contributed by atoms with van der Waals surface area (Å²) in [6, 6.07) is 12.7. The maximum Gasteiger partial charge on any atom is 0.272 e. The van der Waals surface area contributed by atoms with Gasteiger partial charge in [0.05, 0.1) is 13.5 Å². The summed E-state index contributed by atoms with van der Waals surface area (Å²) in [6.45, 7) is 1.15. The fraction of sp³-hybridized carbons (Fsp3) is 0.316. The highest BCUT2D eigenvalue weighted by molar-refractivity contribution is 5.92. The largest absolute Gasteiger partial charge is 0.497 e. The SMILES string of the molecule is COc1ccc(CC(=O)NC2CCN(C(=O)c3ccccn3)C2)cc1. The first-order valence-electron chi connectivity index (χ1n) is 8.28. The standard InChI is InChI=1S/C19H21N3O3/c1-25-16-7-5-14(6-8-16)12-18(23)21-15-9-11-22(13-15)19(24)17-4-2-3-10-20-17/h2-8,10,15H,9,11-13H2,1H3,(H,21,23). The van der Waals surface area contributed by atoms with Gasteiger partial charge in [0.1, 0.15) is 11.4 Å². The molecular weight excluding hydrogens is 318 g/mol. The van der Waals surface area contributed by atoms with Crippen LogP contribution in [0.2, 0.25) is 0 Å². The van der Waals surface area contributed by atoms with E-state index >= 15 is 0 Å². The Kier molecular flexibility index (Phi) is 5.28. The molecule has 1 saturated heterocycles. The van der Waals surface area contributed by atoms with Crippen LogP contribution in [0.5, 0.6) is 5.75 Å². The minimum Gasteiger partial charge on any atom is -0.497 e. The van der Waals surface area contributed by atoms with Gasteiger partial charge in [0.25, 0.3) is 5.91 Å². The minimum atomic E-state index is -0.0903. The average molecular weight is 339 g/mol. The van der Waals surface area contributed by atoms with E-state index in [2.05, 4.69) is 10.3 Å². The molecule has 6 nitrogen and oxygen atoms in total. The van der Waals surface area contributed by atoms with E-state index in [-0.39, 0.29) is 17.9 Å². The van der Waals surface area contributed by atoms with Crippen LogP contribution in [-0.4, -0.2) is 47.9 Å². The lowest BCUT2D eigenvalue weighted by molar-refractivity contribution is -0.121. The van der Waals surface area contributed by atoms with Crippen LogP contribution in [0, 0.1) is 0 Å². The average Bonchev–Trinajstić information content (AvgIpc) is 3.10. The first kappa shape index (κ1) is 17.0. The molecule has 1 atom stereocenters. The van der Waals surface area contributed by atoms with Gasteiger partial charge in [-0.25, -0.2) is 0 Å². The molecule has 6 heteroatoms. The highest BCUT2D eigenvalue weighted by Gasteiger charge is 2.28. The maximum atomic E-state index is 12.4. The molecule has 25 heavy (non-hydrogen) atoms. The number of aromatic nitrogens is 1. The van der Waals surface area contributed by atoms with Crippen LogP contribution in [0.15, 0.2) is 48.7 Å². The summed E-state index contributed by atoms with van der Waals surface area (Å²) in [5, 5.41) is 3.01. The highest BCUT2D eigenvalue weighted by atomic mass is 16.5. The lowest BCUT2D eigenvalue weighted by atomic mass is 10.1. The van der Waals surface area contributed by atoms with E-state index in [4.69, 9.17) is 4.74 Å². The molecule has 2 aromatic rings. The Morgan fingerprint density at radius 1 is 1.24 bits per heavy atom. The van der Waals surface area contributed by atoms with Crippen molar-refractivity contribution in [2.45, 2.75) is 18.9 Å². The van der Waals surface area contributed by atoms with Crippen LogP contribution in [0.3, 0.4) is 0 Å². The first-order valence-corrected chi connectivity index (χ1v) is 8.28. The van der Waals surface area contributed by atoms with Crippen molar-refractivity contribution in [1.29, 1.82) is 0 Å².